The molecule has 6 fully saturated rings. The van der Waals surface area contributed by atoms with E-state index in [1.54, 1.807) is 56.2 Å². The largest absolute Gasteiger partial charge is 0.481 e. The van der Waals surface area contributed by atoms with E-state index in [0.29, 0.717) is 64.6 Å². The third-order valence-corrected chi connectivity index (χ3v) is 23.1. The Bertz CT molecular complexity index is 4350. The fourth-order valence-electron chi connectivity index (χ4n) is 17.4. The van der Waals surface area contributed by atoms with Crippen molar-refractivity contribution in [2.24, 2.45) is 0 Å². The molecule has 6 aliphatic rings. The number of benzene rings is 3. The Kier molecular flexibility index (Phi) is 35.4. The van der Waals surface area contributed by atoms with Crippen LogP contribution in [0.15, 0.2) is 91.0 Å². The van der Waals surface area contributed by atoms with E-state index in [0.717, 1.165) is 69.6 Å². The Balaban J connectivity index is 0.000000253. The molecule has 6 heterocycles. The van der Waals surface area contributed by atoms with Gasteiger partial charge in [-0.15, -0.1) is 0 Å². The lowest BCUT2D eigenvalue weighted by molar-refractivity contribution is -0.155. The van der Waals surface area contributed by atoms with Gasteiger partial charge in [0.15, 0.2) is 17.1 Å². The molecule has 3 aromatic carbocycles. The van der Waals surface area contributed by atoms with Gasteiger partial charge in [-0.2, -0.15) is 54.8 Å². The predicted molar refractivity (Wildman–Crippen MR) is 438 cm³/mol. The predicted octanol–water partition coefficient (Wildman–Crippen LogP) is 19.4. The van der Waals surface area contributed by atoms with Crippen molar-refractivity contribution in [3.05, 3.63) is 125 Å². The van der Waals surface area contributed by atoms with Crippen LogP contribution in [-0.4, -0.2) is 197 Å². The van der Waals surface area contributed by atoms with E-state index in [4.69, 9.17) is 4.74 Å². The molecule has 5 N–H and O–H groups in total. The summed E-state index contributed by atoms with van der Waals surface area (Å²) in [6.07, 6.45) is -4.46. The average Bonchev–Trinajstić information content (AvgIpc) is 1.67. The van der Waals surface area contributed by atoms with Gasteiger partial charge in [0.05, 0.1) is 90.8 Å². The van der Waals surface area contributed by atoms with E-state index in [-0.39, 0.29) is 143 Å². The molecule has 6 aromatic rings. The Morgan fingerprint density at radius 2 is 0.677 bits per heavy atom. The molecule has 37 heteroatoms. The van der Waals surface area contributed by atoms with Crippen molar-refractivity contribution in [1.29, 1.82) is 0 Å². The average molecular weight is 1770 g/mol. The van der Waals surface area contributed by atoms with Crippen molar-refractivity contribution in [2.45, 2.75) is 307 Å². The molecule has 3 unspecified atom stereocenters. The fraction of sp³-hybridized carbons (Fsp3) is 0.621. The molecule has 12 rings (SSSR count). The van der Waals surface area contributed by atoms with Gasteiger partial charge in [0.1, 0.15) is 5.60 Å². The molecule has 3 amide bonds. The zero-order valence-corrected chi connectivity index (χ0v) is 69.1. The van der Waals surface area contributed by atoms with E-state index in [2.05, 4.69) is 31.2 Å². The molecule has 0 bridgehead atoms. The first-order valence-electron chi connectivity index (χ1n) is 41.4. The third kappa shape index (κ3) is 28.3. The van der Waals surface area contributed by atoms with Crippen LogP contribution in [0.25, 0.3) is 33.8 Å². The number of aliphatic carboxylic acids is 2. The second-order valence-electron chi connectivity index (χ2n) is 34.1. The quantitative estimate of drug-likeness (QED) is 0.0183. The summed E-state index contributed by atoms with van der Waals surface area (Å²) in [6, 6.07) is 15.1. The van der Waals surface area contributed by atoms with Crippen molar-refractivity contribution >= 4 is 44.0 Å². The minimum Gasteiger partial charge on any atom is -0.481 e. The summed E-state index contributed by atoms with van der Waals surface area (Å²) in [4.78, 5) is 80.7. The third-order valence-electron chi connectivity index (χ3n) is 23.1. The number of amides is 3. The van der Waals surface area contributed by atoms with Crippen LogP contribution < -0.4 is 16.0 Å². The molecule has 0 spiro atoms. The number of carboxylic acids is 2. The van der Waals surface area contributed by atoms with E-state index < -0.39 is 157 Å². The summed E-state index contributed by atoms with van der Waals surface area (Å²) in [5.74, 6) is -13.5. The lowest BCUT2D eigenvalue weighted by Crippen LogP contribution is -2.49. The van der Waals surface area contributed by atoms with Crippen LogP contribution in [0.2, 0.25) is 0 Å². The van der Waals surface area contributed by atoms with Crippen LogP contribution in [0.1, 0.15) is 277 Å². The van der Waals surface area contributed by atoms with Gasteiger partial charge in [0.25, 0.3) is 35.5 Å². The molecule has 124 heavy (non-hydrogen) atoms. The number of aromatic nitrogens is 6. The lowest BCUT2D eigenvalue weighted by atomic mass is 9.99. The zero-order valence-electron chi connectivity index (χ0n) is 69.1. The van der Waals surface area contributed by atoms with Crippen LogP contribution in [-0.2, 0) is 37.6 Å². The number of likely N-dealkylation sites (tertiary alicyclic amines) is 3. The summed E-state index contributed by atoms with van der Waals surface area (Å²) in [6.45, 7) is 10.4. The zero-order chi connectivity index (χ0) is 88.3. The summed E-state index contributed by atoms with van der Waals surface area (Å²) in [7, 11) is 0. The van der Waals surface area contributed by atoms with Gasteiger partial charge in [-0.1, -0.05) is 108 Å². The second-order valence-corrected chi connectivity index (χ2v) is 34.1. The molecule has 3 aliphatic heterocycles. The lowest BCUT2D eigenvalue weighted by Gasteiger charge is -2.37. The van der Waals surface area contributed by atoms with Gasteiger partial charge in [-0.3, -0.25) is 57.5 Å². The molecule has 685 valence electrons. The molecule has 3 aliphatic carbocycles. The number of carboxylic acid groups (broad SMARTS) is 2. The molecule has 6 atom stereocenters. The van der Waals surface area contributed by atoms with E-state index in [1.165, 1.54) is 86.8 Å². The number of carbonyl (C=O) groups excluding carboxylic acids is 4. The number of rotatable bonds is 27. The number of ether oxygens (including phenoxy) is 1. The topological polar surface area (TPSA) is 251 Å². The highest BCUT2D eigenvalue weighted by atomic mass is 19.4. The van der Waals surface area contributed by atoms with Crippen LogP contribution in [0, 0.1) is 0 Å². The number of hydrogen-bond acceptors (Lipinski definition) is 13. The van der Waals surface area contributed by atoms with Crippen molar-refractivity contribution in [3.63, 3.8) is 0 Å². The highest BCUT2D eigenvalue weighted by Crippen LogP contribution is 2.45. The smallest absolute Gasteiger partial charge is 0.417 e. The standard InChI is InChI=1S/C31H41F5N4O3.2C27H33F5N4O3.2CH4.B/c1-20(39-15-9-14-30(32,33)19-39)16-21(17-27(41)43-29(2,3)4)37-28(42)25-18-26(40(38-25)22-10-5-6-11-22)23-12-7-8-13-24(23)31(34,35)36;2*1-17(35-12-6-11-26(28,29)16-35)13-18(14-24(37)38)33-25(39)22-15-23(36(34-22)19-7-2-3-8-19)20-9-4-5-10-21(20)27(30,31)32;;;/h7-8,12-13,18,20-22H,5-6,9-11,14-17,19H2,1-4H3,(H,37,42);2*4-5,9-10,15,17-19H,2-3,6-8,11-14,16H2,1H3,(H,33,39)(H,37,38);2*1H4;/t20?,21-;2*17?,18-;;;/m000.../s1. The number of esters is 1. The van der Waals surface area contributed by atoms with E-state index >= 15 is 0 Å². The minimum absolute atomic E-state index is 0. The van der Waals surface area contributed by atoms with Crippen molar-refractivity contribution in [3.8, 4) is 33.8 Å². The van der Waals surface area contributed by atoms with Crippen molar-refractivity contribution < 1.29 is 110 Å². The number of carbonyl (C=O) groups is 6. The summed E-state index contributed by atoms with van der Waals surface area (Å²) < 4.78 is 219. The molecule has 3 aromatic heterocycles. The molecule has 21 nitrogen and oxygen atoms in total. The fourth-order valence-corrected chi connectivity index (χ4v) is 17.4. The van der Waals surface area contributed by atoms with Crippen LogP contribution in [0.3, 0.4) is 0 Å². The van der Waals surface area contributed by atoms with Gasteiger partial charge in [0.2, 0.25) is 0 Å². The van der Waals surface area contributed by atoms with E-state index in [9.17, 15) is 105 Å². The van der Waals surface area contributed by atoms with Gasteiger partial charge < -0.3 is 30.9 Å². The Morgan fingerprint density at radius 3 is 0.911 bits per heavy atom. The number of alkyl halides is 15. The van der Waals surface area contributed by atoms with Crippen LogP contribution >= 0.6 is 0 Å². The summed E-state index contributed by atoms with van der Waals surface area (Å²) in [5, 5.41) is 40.2. The Labute approximate surface area is 715 Å². The summed E-state index contributed by atoms with van der Waals surface area (Å²) in [5.41, 5.74) is -3.33. The van der Waals surface area contributed by atoms with Gasteiger partial charge in [0, 0.05) is 80.6 Å². The van der Waals surface area contributed by atoms with Gasteiger partial charge in [-0.25, -0.2) is 26.3 Å². The first-order valence-corrected chi connectivity index (χ1v) is 41.4. The summed E-state index contributed by atoms with van der Waals surface area (Å²) >= 11 is 0. The molecular weight excluding hydrogens is 1650 g/mol. The Hall–Kier alpha value is -9.00. The first-order chi connectivity index (χ1) is 56.7. The minimum atomic E-state index is -4.61. The van der Waals surface area contributed by atoms with Crippen molar-refractivity contribution in [2.75, 3.05) is 39.3 Å². The second kappa shape index (κ2) is 43.0. The van der Waals surface area contributed by atoms with E-state index in [1.807, 2.05) is 0 Å². The maximum Gasteiger partial charge on any atom is 0.417 e. The molecule has 3 saturated heterocycles. The molecule has 3 radical (unpaired) electrons. The highest BCUT2D eigenvalue weighted by molar-refractivity contribution is 5.96. The molecular formula is C87H115BF15N12O9. The van der Waals surface area contributed by atoms with Gasteiger partial charge in [-0.05, 0) is 175 Å². The first kappa shape index (κ1) is 102. The van der Waals surface area contributed by atoms with Crippen molar-refractivity contribution in [1.82, 2.24) is 60.0 Å². The van der Waals surface area contributed by atoms with Crippen LogP contribution in [0.4, 0.5) is 65.9 Å². The van der Waals surface area contributed by atoms with Gasteiger partial charge >= 0.3 is 36.4 Å². The number of piperidine rings is 3. The number of hydrogen-bond donors (Lipinski definition) is 5. The Morgan fingerprint density at radius 1 is 0.427 bits per heavy atom. The number of nitrogens with one attached hydrogen (secondary N) is 3. The SMILES string of the molecule is C.C.CC(C[C@@H](CC(=O)O)NC(=O)c1cc(-c2ccccc2C(F)(F)F)n(C2CCCC2)n1)N1CCCC(F)(F)C1.CC(C[C@@H](CC(=O)O)NC(=O)c1cc(-c2ccccc2C(F)(F)F)n(C2CCCC2)n1)N1CCCC(F)(F)C1.CC(C[C@@H](CC(=O)OC(C)(C)C)NC(=O)c1cc(-c2ccccc2C(F)(F)F)n(C2CCCC2)n1)N1CCCC(F)(F)C1.[B]. The normalized spacial score (nSPS) is 19.4. The maximum atomic E-state index is 14.1. The maximum absolute atomic E-state index is 14.1. The highest BCUT2D eigenvalue weighted by Gasteiger charge is 2.44. The monoisotopic (exact) mass is 1770 g/mol. The number of halogens is 15. The number of nitrogens with zero attached hydrogens (tertiary/aromatic N) is 9. The molecule has 3 saturated carbocycles. The van der Waals surface area contributed by atoms with Crippen LogP contribution in [0.5, 0.6) is 0 Å².